The Morgan fingerprint density at radius 2 is 1.86 bits per heavy atom. The summed E-state index contributed by atoms with van der Waals surface area (Å²) in [5, 5.41) is 9.47. The Hall–Kier alpha value is -2.26. The van der Waals surface area contributed by atoms with Crippen molar-refractivity contribution in [1.29, 1.82) is 0 Å². The van der Waals surface area contributed by atoms with Gasteiger partial charge in [0.1, 0.15) is 0 Å². The van der Waals surface area contributed by atoms with Crippen LogP contribution in [0.1, 0.15) is 11.1 Å². The van der Waals surface area contributed by atoms with Gasteiger partial charge in [-0.2, -0.15) is 0 Å². The van der Waals surface area contributed by atoms with Gasteiger partial charge in [0, 0.05) is 30.4 Å². The summed E-state index contributed by atoms with van der Waals surface area (Å²) in [5.74, 6) is -0.954. The van der Waals surface area contributed by atoms with E-state index in [1.54, 1.807) is 6.08 Å². The molecule has 0 heterocycles. The minimum atomic E-state index is -0.954. The minimum Gasteiger partial charge on any atom is -0.478 e. The third kappa shape index (κ3) is 4.36. The molecule has 21 heavy (non-hydrogen) atoms. The van der Waals surface area contributed by atoms with E-state index in [2.05, 4.69) is 4.90 Å². The van der Waals surface area contributed by atoms with Crippen molar-refractivity contribution >= 4 is 29.3 Å². The SMILES string of the molecule is CN(Cc1ccc(Cl)cc1)c1ccccc1C=CC(=O)O. The number of hydrogen-bond acceptors (Lipinski definition) is 2. The summed E-state index contributed by atoms with van der Waals surface area (Å²) in [6.45, 7) is 0.717. The smallest absolute Gasteiger partial charge is 0.328 e. The van der Waals surface area contributed by atoms with Gasteiger partial charge in [-0.1, -0.05) is 41.9 Å². The second kappa shape index (κ2) is 6.95. The van der Waals surface area contributed by atoms with E-state index in [0.717, 1.165) is 29.4 Å². The van der Waals surface area contributed by atoms with Crippen LogP contribution in [0.4, 0.5) is 5.69 Å². The summed E-state index contributed by atoms with van der Waals surface area (Å²) >= 11 is 5.88. The molecule has 0 aliphatic rings. The molecule has 0 aliphatic heterocycles. The predicted molar refractivity (Wildman–Crippen MR) is 86.7 cm³/mol. The first-order chi connectivity index (χ1) is 10.1. The van der Waals surface area contributed by atoms with Crippen molar-refractivity contribution in [3.63, 3.8) is 0 Å². The monoisotopic (exact) mass is 301 g/mol. The van der Waals surface area contributed by atoms with Gasteiger partial charge in [0.2, 0.25) is 0 Å². The van der Waals surface area contributed by atoms with Gasteiger partial charge in [0.15, 0.2) is 0 Å². The second-order valence-electron chi connectivity index (χ2n) is 4.71. The Kier molecular flexibility index (Phi) is 5.01. The van der Waals surface area contributed by atoms with E-state index in [-0.39, 0.29) is 0 Å². The Labute approximate surface area is 129 Å². The van der Waals surface area contributed by atoms with Crippen LogP contribution in [0.3, 0.4) is 0 Å². The zero-order valence-electron chi connectivity index (χ0n) is 11.7. The molecule has 0 unspecified atom stereocenters. The van der Waals surface area contributed by atoms with Gasteiger partial charge in [-0.25, -0.2) is 4.79 Å². The zero-order valence-corrected chi connectivity index (χ0v) is 12.4. The molecule has 0 amide bonds. The zero-order chi connectivity index (χ0) is 15.2. The van der Waals surface area contributed by atoms with Gasteiger partial charge in [0.05, 0.1) is 0 Å². The van der Waals surface area contributed by atoms with E-state index in [4.69, 9.17) is 16.7 Å². The maximum Gasteiger partial charge on any atom is 0.328 e. The number of rotatable bonds is 5. The molecule has 0 aliphatic carbocycles. The van der Waals surface area contributed by atoms with E-state index < -0.39 is 5.97 Å². The molecule has 0 radical (unpaired) electrons. The highest BCUT2D eigenvalue weighted by Crippen LogP contribution is 2.22. The highest BCUT2D eigenvalue weighted by molar-refractivity contribution is 6.30. The predicted octanol–water partition coefficient (Wildman–Crippen LogP) is 4.07. The highest BCUT2D eigenvalue weighted by Gasteiger charge is 2.06. The number of carboxylic acids is 1. The van der Waals surface area contributed by atoms with Crippen molar-refractivity contribution in [2.45, 2.75) is 6.54 Å². The van der Waals surface area contributed by atoms with E-state index in [1.807, 2.05) is 55.6 Å². The average molecular weight is 302 g/mol. The summed E-state index contributed by atoms with van der Waals surface area (Å²) in [6.07, 6.45) is 2.75. The minimum absolute atomic E-state index is 0.714. The van der Waals surface area contributed by atoms with Gasteiger partial charge in [-0.15, -0.1) is 0 Å². The average Bonchev–Trinajstić information content (AvgIpc) is 2.47. The first-order valence-corrected chi connectivity index (χ1v) is 6.89. The van der Waals surface area contributed by atoms with Crippen LogP contribution < -0.4 is 4.90 Å². The molecule has 0 saturated heterocycles. The molecule has 0 bridgehead atoms. The van der Waals surface area contributed by atoms with Crippen LogP contribution in [0.25, 0.3) is 6.08 Å². The van der Waals surface area contributed by atoms with Crippen molar-refractivity contribution in [2.75, 3.05) is 11.9 Å². The number of carbonyl (C=O) groups is 1. The van der Waals surface area contributed by atoms with Gasteiger partial charge in [0.25, 0.3) is 0 Å². The molecule has 0 atom stereocenters. The fourth-order valence-electron chi connectivity index (χ4n) is 2.09. The van der Waals surface area contributed by atoms with Crippen molar-refractivity contribution in [1.82, 2.24) is 0 Å². The topological polar surface area (TPSA) is 40.5 Å². The molecule has 0 spiro atoms. The fourth-order valence-corrected chi connectivity index (χ4v) is 2.21. The lowest BCUT2D eigenvalue weighted by Crippen LogP contribution is -2.17. The number of anilines is 1. The lowest BCUT2D eigenvalue weighted by molar-refractivity contribution is -0.131. The summed E-state index contributed by atoms with van der Waals surface area (Å²) in [6, 6.07) is 15.4. The maximum absolute atomic E-state index is 10.7. The molecular weight excluding hydrogens is 286 g/mol. The summed E-state index contributed by atoms with van der Waals surface area (Å²) in [7, 11) is 1.97. The van der Waals surface area contributed by atoms with Crippen LogP contribution in [0.5, 0.6) is 0 Å². The normalized spacial score (nSPS) is 10.8. The van der Waals surface area contributed by atoms with Crippen LogP contribution in [0.15, 0.2) is 54.6 Å². The van der Waals surface area contributed by atoms with Crippen molar-refractivity contribution in [3.05, 3.63) is 70.8 Å². The molecular formula is C17H16ClNO2. The van der Waals surface area contributed by atoms with Crippen molar-refractivity contribution in [2.24, 2.45) is 0 Å². The molecule has 0 aromatic heterocycles. The van der Waals surface area contributed by atoms with Crippen LogP contribution in [-0.2, 0) is 11.3 Å². The number of nitrogens with zero attached hydrogens (tertiary/aromatic N) is 1. The van der Waals surface area contributed by atoms with Crippen LogP contribution >= 0.6 is 11.6 Å². The van der Waals surface area contributed by atoms with E-state index >= 15 is 0 Å². The van der Waals surface area contributed by atoms with E-state index in [1.165, 1.54) is 0 Å². The fraction of sp³-hybridized carbons (Fsp3) is 0.118. The number of hydrogen-bond donors (Lipinski definition) is 1. The molecule has 3 nitrogen and oxygen atoms in total. The quantitative estimate of drug-likeness (QED) is 0.846. The first kappa shape index (κ1) is 15.1. The highest BCUT2D eigenvalue weighted by atomic mass is 35.5. The van der Waals surface area contributed by atoms with Gasteiger partial charge in [-0.3, -0.25) is 0 Å². The number of para-hydroxylation sites is 1. The van der Waals surface area contributed by atoms with Gasteiger partial charge in [-0.05, 0) is 35.4 Å². The lowest BCUT2D eigenvalue weighted by atomic mass is 10.1. The lowest BCUT2D eigenvalue weighted by Gasteiger charge is -2.21. The van der Waals surface area contributed by atoms with Crippen molar-refractivity contribution in [3.8, 4) is 0 Å². The Morgan fingerprint density at radius 3 is 2.52 bits per heavy atom. The largest absolute Gasteiger partial charge is 0.478 e. The Balaban J connectivity index is 2.20. The van der Waals surface area contributed by atoms with Crippen LogP contribution in [0, 0.1) is 0 Å². The molecule has 0 fully saturated rings. The first-order valence-electron chi connectivity index (χ1n) is 6.52. The third-order valence-corrected chi connectivity index (χ3v) is 3.34. The third-order valence-electron chi connectivity index (χ3n) is 3.09. The molecule has 4 heteroatoms. The molecule has 0 saturated carbocycles. The van der Waals surface area contributed by atoms with Gasteiger partial charge >= 0.3 is 5.97 Å². The number of benzene rings is 2. The molecule has 2 rings (SSSR count). The second-order valence-corrected chi connectivity index (χ2v) is 5.15. The Morgan fingerprint density at radius 1 is 1.19 bits per heavy atom. The molecule has 108 valence electrons. The summed E-state index contributed by atoms with van der Waals surface area (Å²) in [4.78, 5) is 12.7. The molecule has 2 aromatic rings. The van der Waals surface area contributed by atoms with Crippen molar-refractivity contribution < 1.29 is 9.90 Å². The summed E-state index contributed by atoms with van der Waals surface area (Å²) < 4.78 is 0. The standard InChI is InChI=1S/C17H16ClNO2/c1-19(12-13-6-9-15(18)10-7-13)16-5-3-2-4-14(16)8-11-17(20)21/h2-11H,12H2,1H3,(H,20,21). The number of halogens is 1. The molecule has 1 N–H and O–H groups in total. The maximum atomic E-state index is 10.7. The number of carboxylic acid groups (broad SMARTS) is 1. The van der Waals surface area contributed by atoms with Crippen LogP contribution in [-0.4, -0.2) is 18.1 Å². The van der Waals surface area contributed by atoms with E-state index in [9.17, 15) is 4.79 Å². The number of aliphatic carboxylic acids is 1. The van der Waals surface area contributed by atoms with Crippen LogP contribution in [0.2, 0.25) is 5.02 Å². The molecule has 2 aromatic carbocycles. The Bertz CT molecular complexity index is 650. The summed E-state index contributed by atoms with van der Waals surface area (Å²) in [5.41, 5.74) is 2.99. The van der Waals surface area contributed by atoms with Gasteiger partial charge < -0.3 is 10.0 Å². The van der Waals surface area contributed by atoms with E-state index in [0.29, 0.717) is 5.02 Å².